The maximum Gasteiger partial charge on any atom is 0.255 e. The summed E-state index contributed by atoms with van der Waals surface area (Å²) in [6.45, 7) is 1.89. The molecule has 0 atom stereocenters. The molecule has 0 aliphatic carbocycles. The monoisotopic (exact) mass is 262 g/mol. The Morgan fingerprint density at radius 1 is 1.16 bits per heavy atom. The molecule has 0 aliphatic rings. The Balaban J connectivity index is 2.26. The fourth-order valence-corrected chi connectivity index (χ4v) is 1.62. The van der Waals surface area contributed by atoms with Gasteiger partial charge in [0.1, 0.15) is 11.5 Å². The van der Waals surface area contributed by atoms with Gasteiger partial charge in [0.2, 0.25) is 0 Å². The number of aryl methyl sites for hydroxylation is 1. The molecule has 1 amide bonds. The average molecular weight is 262 g/mol. The third-order valence-corrected chi connectivity index (χ3v) is 2.64. The van der Waals surface area contributed by atoms with Crippen molar-refractivity contribution in [2.75, 3.05) is 11.1 Å². The number of carbonyl (C=O) groups is 1. The summed E-state index contributed by atoms with van der Waals surface area (Å²) in [6, 6.07) is 8.37. The SMILES string of the molecule is Cc1ccc(C(=O)Nc2c(N)cc(F)cc2F)cc1. The zero-order chi connectivity index (χ0) is 14.0. The van der Waals surface area contributed by atoms with E-state index < -0.39 is 17.5 Å². The number of hydrogen-bond donors (Lipinski definition) is 2. The van der Waals surface area contributed by atoms with Crippen molar-refractivity contribution in [2.45, 2.75) is 6.92 Å². The predicted molar refractivity (Wildman–Crippen MR) is 69.9 cm³/mol. The Morgan fingerprint density at radius 2 is 1.79 bits per heavy atom. The molecule has 0 unspecified atom stereocenters. The molecule has 0 spiro atoms. The molecule has 3 nitrogen and oxygen atoms in total. The first-order valence-electron chi connectivity index (χ1n) is 5.60. The molecule has 5 heteroatoms. The highest BCUT2D eigenvalue weighted by molar-refractivity contribution is 6.05. The Kier molecular flexibility index (Phi) is 3.46. The molecular weight excluding hydrogens is 250 g/mol. The highest BCUT2D eigenvalue weighted by atomic mass is 19.1. The number of carbonyl (C=O) groups excluding carboxylic acids is 1. The molecule has 98 valence electrons. The normalized spacial score (nSPS) is 10.3. The second kappa shape index (κ2) is 5.06. The fraction of sp³-hybridized carbons (Fsp3) is 0.0714. The second-order valence-electron chi connectivity index (χ2n) is 4.17. The number of nitrogens with two attached hydrogens (primary N) is 1. The molecule has 0 saturated carbocycles. The highest BCUT2D eigenvalue weighted by Crippen LogP contribution is 2.24. The quantitative estimate of drug-likeness (QED) is 0.817. The summed E-state index contributed by atoms with van der Waals surface area (Å²) in [7, 11) is 0. The van der Waals surface area contributed by atoms with E-state index >= 15 is 0 Å². The molecule has 19 heavy (non-hydrogen) atoms. The van der Waals surface area contributed by atoms with Crippen molar-refractivity contribution in [1.82, 2.24) is 0 Å². The molecule has 3 N–H and O–H groups in total. The summed E-state index contributed by atoms with van der Waals surface area (Å²) in [5, 5.41) is 2.34. The summed E-state index contributed by atoms with van der Waals surface area (Å²) in [4.78, 5) is 11.9. The number of halogens is 2. The van der Waals surface area contributed by atoms with E-state index in [2.05, 4.69) is 5.32 Å². The first-order valence-corrected chi connectivity index (χ1v) is 5.60. The van der Waals surface area contributed by atoms with Crippen molar-refractivity contribution in [1.29, 1.82) is 0 Å². The van der Waals surface area contributed by atoms with Crippen LogP contribution in [0, 0.1) is 18.6 Å². The number of hydrogen-bond acceptors (Lipinski definition) is 2. The predicted octanol–water partition coefficient (Wildman–Crippen LogP) is 3.11. The molecule has 0 aliphatic heterocycles. The molecule has 2 rings (SSSR count). The van der Waals surface area contributed by atoms with Crippen molar-refractivity contribution in [3.63, 3.8) is 0 Å². The largest absolute Gasteiger partial charge is 0.397 e. The van der Waals surface area contributed by atoms with Crippen LogP contribution >= 0.6 is 0 Å². The summed E-state index contributed by atoms with van der Waals surface area (Å²) < 4.78 is 26.4. The van der Waals surface area contributed by atoms with E-state index in [1.165, 1.54) is 0 Å². The summed E-state index contributed by atoms with van der Waals surface area (Å²) in [5.74, 6) is -2.20. The number of amides is 1. The molecule has 0 aromatic heterocycles. The lowest BCUT2D eigenvalue weighted by Crippen LogP contribution is -2.14. The van der Waals surface area contributed by atoms with E-state index in [1.807, 2.05) is 6.92 Å². The van der Waals surface area contributed by atoms with Crippen molar-refractivity contribution in [2.24, 2.45) is 0 Å². The number of nitrogen functional groups attached to an aromatic ring is 1. The molecule has 0 bridgehead atoms. The van der Waals surface area contributed by atoms with Crippen LogP contribution in [-0.2, 0) is 0 Å². The smallest absolute Gasteiger partial charge is 0.255 e. The van der Waals surface area contributed by atoms with Crippen LogP contribution in [-0.4, -0.2) is 5.91 Å². The Hall–Kier alpha value is -2.43. The highest BCUT2D eigenvalue weighted by Gasteiger charge is 2.13. The van der Waals surface area contributed by atoms with Crippen molar-refractivity contribution in [3.05, 3.63) is 59.2 Å². The van der Waals surface area contributed by atoms with Crippen LogP contribution in [0.3, 0.4) is 0 Å². The minimum Gasteiger partial charge on any atom is -0.397 e. The molecule has 0 radical (unpaired) electrons. The lowest BCUT2D eigenvalue weighted by Gasteiger charge is -2.09. The first-order chi connectivity index (χ1) is 8.97. The van der Waals surface area contributed by atoms with Crippen LogP contribution in [0.4, 0.5) is 20.2 Å². The molecule has 0 fully saturated rings. The van der Waals surface area contributed by atoms with Gasteiger partial charge < -0.3 is 11.1 Å². The average Bonchev–Trinajstić information content (AvgIpc) is 2.34. The molecule has 0 saturated heterocycles. The van der Waals surface area contributed by atoms with Gasteiger partial charge in [0.05, 0.1) is 5.69 Å². The Labute approximate surface area is 109 Å². The van der Waals surface area contributed by atoms with Crippen molar-refractivity contribution >= 4 is 17.3 Å². The molecule has 2 aromatic rings. The van der Waals surface area contributed by atoms with Gasteiger partial charge in [0, 0.05) is 11.6 Å². The van der Waals surface area contributed by atoms with Gasteiger partial charge in [-0.3, -0.25) is 4.79 Å². The lowest BCUT2D eigenvalue weighted by atomic mass is 10.1. The minimum atomic E-state index is -0.905. The van der Waals surface area contributed by atoms with Crippen LogP contribution in [0.2, 0.25) is 0 Å². The maximum absolute atomic E-state index is 13.5. The second-order valence-corrected chi connectivity index (χ2v) is 4.17. The van der Waals surface area contributed by atoms with E-state index in [4.69, 9.17) is 5.73 Å². The topological polar surface area (TPSA) is 55.1 Å². The van der Waals surface area contributed by atoms with Crippen LogP contribution in [0.5, 0.6) is 0 Å². The Bertz CT molecular complexity index is 601. The van der Waals surface area contributed by atoms with E-state index in [-0.39, 0.29) is 11.4 Å². The third-order valence-electron chi connectivity index (χ3n) is 2.64. The van der Waals surface area contributed by atoms with E-state index in [0.29, 0.717) is 11.6 Å². The van der Waals surface area contributed by atoms with Gasteiger partial charge in [0.25, 0.3) is 5.91 Å². The summed E-state index contributed by atoms with van der Waals surface area (Å²) >= 11 is 0. The zero-order valence-electron chi connectivity index (χ0n) is 10.2. The lowest BCUT2D eigenvalue weighted by molar-refractivity contribution is 0.102. The van der Waals surface area contributed by atoms with Gasteiger partial charge in [-0.25, -0.2) is 8.78 Å². The van der Waals surface area contributed by atoms with Gasteiger partial charge in [-0.1, -0.05) is 17.7 Å². The Morgan fingerprint density at radius 3 is 2.37 bits per heavy atom. The van der Waals surface area contributed by atoms with Gasteiger partial charge in [-0.2, -0.15) is 0 Å². The van der Waals surface area contributed by atoms with E-state index in [1.54, 1.807) is 24.3 Å². The first kappa shape index (κ1) is 13.0. The minimum absolute atomic E-state index is 0.155. The third kappa shape index (κ3) is 2.88. The van der Waals surface area contributed by atoms with Crippen LogP contribution in [0.1, 0.15) is 15.9 Å². The number of nitrogens with one attached hydrogen (secondary N) is 1. The van der Waals surface area contributed by atoms with Crippen LogP contribution in [0.25, 0.3) is 0 Å². The summed E-state index contributed by atoms with van der Waals surface area (Å²) in [5.41, 5.74) is 6.48. The van der Waals surface area contributed by atoms with Gasteiger partial charge in [-0.05, 0) is 25.1 Å². The van der Waals surface area contributed by atoms with Gasteiger partial charge >= 0.3 is 0 Å². The van der Waals surface area contributed by atoms with Crippen LogP contribution < -0.4 is 11.1 Å². The van der Waals surface area contributed by atoms with E-state index in [9.17, 15) is 13.6 Å². The van der Waals surface area contributed by atoms with Crippen molar-refractivity contribution in [3.8, 4) is 0 Å². The number of rotatable bonds is 2. The van der Waals surface area contributed by atoms with E-state index in [0.717, 1.165) is 11.6 Å². The maximum atomic E-state index is 13.5. The number of benzene rings is 2. The number of anilines is 2. The molecule has 2 aromatic carbocycles. The molecular formula is C14H12F2N2O. The standard InChI is InChI=1S/C14H12F2N2O/c1-8-2-4-9(5-3-8)14(19)18-13-11(16)6-10(15)7-12(13)17/h2-7H,17H2,1H3,(H,18,19). The van der Waals surface area contributed by atoms with Gasteiger partial charge in [0.15, 0.2) is 5.82 Å². The zero-order valence-corrected chi connectivity index (χ0v) is 10.2. The summed E-state index contributed by atoms with van der Waals surface area (Å²) in [6.07, 6.45) is 0. The van der Waals surface area contributed by atoms with Crippen molar-refractivity contribution < 1.29 is 13.6 Å². The van der Waals surface area contributed by atoms with Crippen LogP contribution in [0.15, 0.2) is 36.4 Å². The van der Waals surface area contributed by atoms with Gasteiger partial charge in [-0.15, -0.1) is 0 Å². The molecule has 0 heterocycles. The fourth-order valence-electron chi connectivity index (χ4n) is 1.62.